The first kappa shape index (κ1) is 20.2. The van der Waals surface area contributed by atoms with Crippen LogP contribution in [0.3, 0.4) is 0 Å². The van der Waals surface area contributed by atoms with E-state index in [1.807, 2.05) is 13.8 Å². The minimum Gasteiger partial charge on any atom is -0.469 e. The summed E-state index contributed by atoms with van der Waals surface area (Å²) in [5.74, 6) is -1.08. The van der Waals surface area contributed by atoms with Gasteiger partial charge >= 0.3 is 17.9 Å². The molecule has 2 aliphatic rings. The molecule has 1 saturated heterocycles. The predicted octanol–water partition coefficient (Wildman–Crippen LogP) is 1.86. The summed E-state index contributed by atoms with van der Waals surface area (Å²) in [6.07, 6.45) is -1.74. The van der Waals surface area contributed by atoms with Crippen LogP contribution in [0, 0.1) is 5.92 Å². The van der Waals surface area contributed by atoms with Crippen molar-refractivity contribution in [3.8, 4) is 0 Å². The Hall–Kier alpha value is -2.09. The fourth-order valence-corrected chi connectivity index (χ4v) is 3.38. The van der Waals surface area contributed by atoms with Crippen LogP contribution in [-0.2, 0) is 38.1 Å². The number of carbonyl (C=O) groups is 3. The number of allylic oxidation sites excluding steroid dienone is 2. The molecular weight excluding hydrogens is 344 g/mol. The van der Waals surface area contributed by atoms with E-state index in [1.54, 1.807) is 0 Å². The third kappa shape index (κ3) is 4.75. The van der Waals surface area contributed by atoms with Gasteiger partial charge in [-0.25, -0.2) is 0 Å². The van der Waals surface area contributed by atoms with Gasteiger partial charge in [0.05, 0.1) is 11.7 Å². The Kier molecular flexibility index (Phi) is 6.63. The van der Waals surface area contributed by atoms with Crippen molar-refractivity contribution in [2.24, 2.45) is 5.92 Å². The second kappa shape index (κ2) is 8.53. The molecule has 0 amide bonds. The highest BCUT2D eigenvalue weighted by Gasteiger charge is 2.52. The maximum Gasteiger partial charge on any atom is 0.303 e. The zero-order valence-electron chi connectivity index (χ0n) is 15.8. The summed E-state index contributed by atoms with van der Waals surface area (Å²) in [5, 5.41) is 0. The molecule has 5 atom stereocenters. The Bertz CT molecular complexity index is 596. The van der Waals surface area contributed by atoms with Crippen molar-refractivity contribution in [3.63, 3.8) is 0 Å². The molecule has 2 aliphatic heterocycles. The molecule has 0 aromatic rings. The first-order chi connectivity index (χ1) is 12.2. The number of esters is 3. The van der Waals surface area contributed by atoms with Gasteiger partial charge in [-0.15, -0.1) is 0 Å². The average molecular weight is 370 g/mol. The summed E-state index contributed by atoms with van der Waals surface area (Å²) in [4.78, 5) is 34.4. The number of ether oxygens (including phenoxy) is 5. The van der Waals surface area contributed by atoms with Crippen LogP contribution in [0.15, 0.2) is 11.3 Å². The number of fused-ring (bicyclic) bond motifs is 1. The van der Waals surface area contributed by atoms with E-state index in [9.17, 15) is 14.4 Å². The number of hydrogen-bond donors (Lipinski definition) is 0. The van der Waals surface area contributed by atoms with Gasteiger partial charge in [0.15, 0.2) is 12.2 Å². The van der Waals surface area contributed by atoms with E-state index in [0.717, 1.165) is 17.8 Å². The highest BCUT2D eigenvalue weighted by Crippen LogP contribution is 2.40. The zero-order valence-corrected chi connectivity index (χ0v) is 15.8. The Balaban J connectivity index is 2.34. The highest BCUT2D eigenvalue weighted by molar-refractivity contribution is 5.67. The van der Waals surface area contributed by atoms with E-state index in [4.69, 9.17) is 23.7 Å². The molecule has 1 fully saturated rings. The van der Waals surface area contributed by atoms with E-state index in [0.29, 0.717) is 6.42 Å². The van der Waals surface area contributed by atoms with Crippen molar-refractivity contribution in [2.45, 2.75) is 72.1 Å². The maximum atomic E-state index is 11.7. The standard InChI is InChI=1S/C18H26O8/c1-6-13-7-14-16(24-11(4)20)17(25-12(5)21)15(8-22-10(3)19)26-18(14)23-9(13)2/h14-18H,6-8H2,1-5H3. The molecule has 8 heteroatoms. The zero-order chi connectivity index (χ0) is 19.4. The van der Waals surface area contributed by atoms with Crippen LogP contribution in [0.25, 0.3) is 0 Å². The molecule has 0 aromatic heterocycles. The predicted molar refractivity (Wildman–Crippen MR) is 88.6 cm³/mol. The molecule has 26 heavy (non-hydrogen) atoms. The monoisotopic (exact) mass is 370 g/mol. The van der Waals surface area contributed by atoms with Crippen molar-refractivity contribution in [3.05, 3.63) is 11.3 Å². The fourth-order valence-electron chi connectivity index (χ4n) is 3.38. The molecular formula is C18H26O8. The van der Waals surface area contributed by atoms with Crippen LogP contribution >= 0.6 is 0 Å². The van der Waals surface area contributed by atoms with Crippen molar-refractivity contribution < 1.29 is 38.1 Å². The summed E-state index contributed by atoms with van der Waals surface area (Å²) in [6.45, 7) is 7.56. The van der Waals surface area contributed by atoms with E-state index in [1.165, 1.54) is 20.8 Å². The summed E-state index contributed by atoms with van der Waals surface area (Å²) in [7, 11) is 0. The topological polar surface area (TPSA) is 97.4 Å². The lowest BCUT2D eigenvalue weighted by Gasteiger charge is -2.47. The van der Waals surface area contributed by atoms with Crippen molar-refractivity contribution >= 4 is 17.9 Å². The molecule has 2 rings (SSSR count). The van der Waals surface area contributed by atoms with Gasteiger partial charge in [0, 0.05) is 20.8 Å². The second-order valence-electron chi connectivity index (χ2n) is 6.49. The largest absolute Gasteiger partial charge is 0.469 e. The normalized spacial score (nSPS) is 30.7. The number of rotatable bonds is 5. The SMILES string of the molecule is CCC1=C(C)OC2OC(COC(C)=O)C(OC(C)=O)C(OC(C)=O)C2C1. The molecule has 0 spiro atoms. The molecule has 0 aromatic carbocycles. The number of carbonyl (C=O) groups excluding carboxylic acids is 3. The van der Waals surface area contributed by atoms with Gasteiger partial charge in [0.2, 0.25) is 6.29 Å². The van der Waals surface area contributed by atoms with Crippen molar-refractivity contribution in [2.75, 3.05) is 6.61 Å². The van der Waals surface area contributed by atoms with Gasteiger partial charge in [-0.05, 0) is 25.3 Å². The average Bonchev–Trinajstić information content (AvgIpc) is 2.54. The first-order valence-electron chi connectivity index (χ1n) is 8.71. The summed E-state index contributed by atoms with van der Waals surface area (Å²) in [6, 6.07) is 0. The molecule has 2 heterocycles. The molecule has 0 bridgehead atoms. The van der Waals surface area contributed by atoms with Gasteiger partial charge in [0.25, 0.3) is 0 Å². The summed E-state index contributed by atoms with van der Waals surface area (Å²) < 4.78 is 27.7. The third-order valence-corrected chi connectivity index (χ3v) is 4.53. The Morgan fingerprint density at radius 2 is 1.65 bits per heavy atom. The summed E-state index contributed by atoms with van der Waals surface area (Å²) in [5.41, 5.74) is 1.09. The van der Waals surface area contributed by atoms with Crippen LogP contribution in [0.5, 0.6) is 0 Å². The second-order valence-corrected chi connectivity index (χ2v) is 6.49. The number of hydrogen-bond acceptors (Lipinski definition) is 8. The Labute approximate surface area is 152 Å². The maximum absolute atomic E-state index is 11.7. The van der Waals surface area contributed by atoms with Gasteiger partial charge in [-0.2, -0.15) is 0 Å². The fraction of sp³-hybridized carbons (Fsp3) is 0.722. The van der Waals surface area contributed by atoms with E-state index >= 15 is 0 Å². The van der Waals surface area contributed by atoms with Crippen molar-refractivity contribution in [1.82, 2.24) is 0 Å². The molecule has 8 nitrogen and oxygen atoms in total. The van der Waals surface area contributed by atoms with Crippen LogP contribution < -0.4 is 0 Å². The molecule has 146 valence electrons. The minimum atomic E-state index is -0.892. The van der Waals surface area contributed by atoms with E-state index in [2.05, 4.69) is 0 Å². The minimum absolute atomic E-state index is 0.138. The molecule has 0 aliphatic carbocycles. The summed E-state index contributed by atoms with van der Waals surface area (Å²) >= 11 is 0. The van der Waals surface area contributed by atoms with Crippen molar-refractivity contribution in [1.29, 1.82) is 0 Å². The third-order valence-electron chi connectivity index (χ3n) is 4.53. The molecule has 0 N–H and O–H groups in total. The van der Waals surface area contributed by atoms with Crippen LogP contribution in [0.4, 0.5) is 0 Å². The van der Waals surface area contributed by atoms with E-state index in [-0.39, 0.29) is 12.5 Å². The smallest absolute Gasteiger partial charge is 0.303 e. The lowest BCUT2D eigenvalue weighted by molar-refractivity contribution is -0.287. The van der Waals surface area contributed by atoms with Crippen LogP contribution in [0.2, 0.25) is 0 Å². The first-order valence-corrected chi connectivity index (χ1v) is 8.71. The molecule has 0 radical (unpaired) electrons. The lowest BCUT2D eigenvalue weighted by atomic mass is 9.83. The molecule has 0 saturated carbocycles. The van der Waals surface area contributed by atoms with Gasteiger partial charge in [0.1, 0.15) is 12.7 Å². The Morgan fingerprint density at radius 1 is 1.04 bits per heavy atom. The Morgan fingerprint density at radius 3 is 2.19 bits per heavy atom. The van der Waals surface area contributed by atoms with E-state index < -0.39 is 42.5 Å². The van der Waals surface area contributed by atoms with Gasteiger partial charge < -0.3 is 23.7 Å². The lowest BCUT2D eigenvalue weighted by Crippen LogP contribution is -2.60. The molecule has 5 unspecified atom stereocenters. The quantitative estimate of drug-likeness (QED) is 0.534. The highest BCUT2D eigenvalue weighted by atomic mass is 16.7. The van der Waals surface area contributed by atoms with Crippen LogP contribution in [-0.4, -0.2) is 49.1 Å². The van der Waals surface area contributed by atoms with Crippen LogP contribution in [0.1, 0.15) is 47.5 Å². The van der Waals surface area contributed by atoms with Gasteiger partial charge in [-0.3, -0.25) is 14.4 Å². The van der Waals surface area contributed by atoms with Gasteiger partial charge in [-0.1, -0.05) is 6.92 Å².